The molecule has 2 amide bonds. The van der Waals surface area contributed by atoms with Crippen LogP contribution in [0.2, 0.25) is 0 Å². The van der Waals surface area contributed by atoms with Gasteiger partial charge in [0.2, 0.25) is 0 Å². The van der Waals surface area contributed by atoms with Gasteiger partial charge in [0.25, 0.3) is 0 Å². The number of carbonyl (C=O) groups is 1. The van der Waals surface area contributed by atoms with Crippen LogP contribution in [0.1, 0.15) is 17.2 Å². The molecule has 22 heavy (non-hydrogen) atoms. The lowest BCUT2D eigenvalue weighted by atomic mass is 10.1. The van der Waals surface area contributed by atoms with Gasteiger partial charge in [-0.25, -0.2) is 10.3 Å². The fraction of sp³-hybridized carbons (Fsp3) is 0.235. The lowest BCUT2D eigenvalue weighted by Crippen LogP contribution is -2.38. The fourth-order valence-electron chi connectivity index (χ4n) is 1.99. The van der Waals surface area contributed by atoms with Crippen LogP contribution in [0.5, 0.6) is 0 Å². The predicted molar refractivity (Wildman–Crippen MR) is 84.0 cm³/mol. The third kappa shape index (κ3) is 5.20. The Labute approximate surface area is 130 Å². The smallest absolute Gasteiger partial charge is 0.338 e. The molecular formula is C17H20N2O3. The Hall–Kier alpha value is -2.37. The third-order valence-corrected chi connectivity index (χ3v) is 3.15. The van der Waals surface area contributed by atoms with E-state index in [1.807, 2.05) is 60.7 Å². The molecule has 5 nitrogen and oxygen atoms in total. The molecule has 0 aliphatic rings. The van der Waals surface area contributed by atoms with E-state index in [2.05, 4.69) is 10.8 Å². The van der Waals surface area contributed by atoms with Gasteiger partial charge >= 0.3 is 6.03 Å². The fourth-order valence-corrected chi connectivity index (χ4v) is 1.99. The van der Waals surface area contributed by atoms with Gasteiger partial charge in [-0.3, -0.25) is 4.84 Å². The van der Waals surface area contributed by atoms with Crippen molar-refractivity contribution in [3.63, 3.8) is 0 Å². The summed E-state index contributed by atoms with van der Waals surface area (Å²) < 4.78 is 5.38. The average molecular weight is 300 g/mol. The molecule has 116 valence electrons. The van der Waals surface area contributed by atoms with Crippen molar-refractivity contribution in [2.24, 2.45) is 0 Å². The number of hydrogen-bond donors (Lipinski definition) is 2. The van der Waals surface area contributed by atoms with E-state index in [1.54, 1.807) is 7.11 Å². The summed E-state index contributed by atoms with van der Waals surface area (Å²) in [5.41, 5.74) is 4.35. The van der Waals surface area contributed by atoms with Crippen LogP contribution >= 0.6 is 0 Å². The maximum absolute atomic E-state index is 11.7. The van der Waals surface area contributed by atoms with Crippen molar-refractivity contribution in [1.29, 1.82) is 0 Å². The number of urea groups is 1. The molecule has 0 aliphatic heterocycles. The minimum absolute atomic E-state index is 0.193. The highest BCUT2D eigenvalue weighted by molar-refractivity contribution is 5.72. The molecule has 0 heterocycles. The summed E-state index contributed by atoms with van der Waals surface area (Å²) in [6.07, 6.45) is -0.193. The highest BCUT2D eigenvalue weighted by Crippen LogP contribution is 2.14. The zero-order chi connectivity index (χ0) is 15.6. The molecule has 1 atom stereocenters. The van der Waals surface area contributed by atoms with Crippen molar-refractivity contribution in [3.05, 3.63) is 71.8 Å². The first-order valence-electron chi connectivity index (χ1n) is 7.07. The highest BCUT2D eigenvalue weighted by Gasteiger charge is 2.11. The summed E-state index contributed by atoms with van der Waals surface area (Å²) in [5, 5.41) is 2.72. The topological polar surface area (TPSA) is 59.6 Å². The first-order chi connectivity index (χ1) is 10.8. The van der Waals surface area contributed by atoms with Gasteiger partial charge in [0.15, 0.2) is 0 Å². The summed E-state index contributed by atoms with van der Waals surface area (Å²) >= 11 is 0. The number of benzene rings is 2. The summed E-state index contributed by atoms with van der Waals surface area (Å²) in [6, 6.07) is 18.9. The van der Waals surface area contributed by atoms with Gasteiger partial charge in [0, 0.05) is 13.7 Å². The van der Waals surface area contributed by atoms with E-state index >= 15 is 0 Å². The molecular weight excluding hydrogens is 280 g/mol. The molecule has 0 fully saturated rings. The molecule has 1 unspecified atom stereocenters. The highest BCUT2D eigenvalue weighted by atomic mass is 16.7. The molecule has 0 spiro atoms. The Balaban J connectivity index is 1.70. The molecule has 0 saturated heterocycles. The Morgan fingerprint density at radius 2 is 1.68 bits per heavy atom. The number of hydroxylamine groups is 1. The van der Waals surface area contributed by atoms with E-state index in [1.165, 1.54) is 0 Å². The number of amides is 2. The molecule has 0 radical (unpaired) electrons. The van der Waals surface area contributed by atoms with Crippen LogP contribution < -0.4 is 10.8 Å². The van der Waals surface area contributed by atoms with E-state index in [9.17, 15) is 4.79 Å². The van der Waals surface area contributed by atoms with Crippen LogP contribution in [0.4, 0.5) is 4.79 Å². The van der Waals surface area contributed by atoms with Crippen LogP contribution in [0.15, 0.2) is 60.7 Å². The van der Waals surface area contributed by atoms with Crippen LogP contribution in [0.3, 0.4) is 0 Å². The molecule has 0 bridgehead atoms. The second-order valence-electron chi connectivity index (χ2n) is 4.72. The van der Waals surface area contributed by atoms with E-state index < -0.39 is 6.03 Å². The van der Waals surface area contributed by atoms with Gasteiger partial charge < -0.3 is 10.1 Å². The standard InChI is InChI=1S/C17H20N2O3/c1-21-16(15-10-6-3-7-11-15)12-18-17(20)19-22-13-14-8-4-2-5-9-14/h2-11,16H,12-13H2,1H3,(H2,18,19,20). The quantitative estimate of drug-likeness (QED) is 0.773. The lowest BCUT2D eigenvalue weighted by molar-refractivity contribution is 0.0461. The van der Waals surface area contributed by atoms with E-state index in [4.69, 9.17) is 9.57 Å². The Morgan fingerprint density at radius 1 is 1.05 bits per heavy atom. The summed E-state index contributed by atoms with van der Waals surface area (Å²) in [4.78, 5) is 16.8. The molecule has 2 aromatic carbocycles. The van der Waals surface area contributed by atoms with Crippen LogP contribution in [-0.2, 0) is 16.2 Å². The van der Waals surface area contributed by atoms with Gasteiger partial charge in [0.05, 0.1) is 12.7 Å². The normalized spacial score (nSPS) is 11.7. The van der Waals surface area contributed by atoms with Crippen LogP contribution in [0.25, 0.3) is 0 Å². The number of methoxy groups -OCH3 is 1. The Bertz CT molecular complexity index is 561. The molecule has 2 rings (SSSR count). The second-order valence-corrected chi connectivity index (χ2v) is 4.72. The third-order valence-electron chi connectivity index (χ3n) is 3.15. The summed E-state index contributed by atoms with van der Waals surface area (Å²) in [5.74, 6) is 0. The Kier molecular flexibility index (Phi) is 6.41. The van der Waals surface area contributed by atoms with Crippen LogP contribution in [0, 0.1) is 0 Å². The second kappa shape index (κ2) is 8.81. The van der Waals surface area contributed by atoms with Gasteiger partial charge in [-0.05, 0) is 11.1 Å². The van der Waals surface area contributed by atoms with E-state index in [0.29, 0.717) is 13.2 Å². The number of ether oxygens (including phenoxy) is 1. The summed E-state index contributed by atoms with van der Waals surface area (Å²) in [6.45, 7) is 0.682. The zero-order valence-electron chi connectivity index (χ0n) is 12.5. The molecule has 5 heteroatoms. The van der Waals surface area contributed by atoms with Gasteiger partial charge in [-0.1, -0.05) is 60.7 Å². The molecule has 0 aromatic heterocycles. The maximum atomic E-state index is 11.7. The van der Waals surface area contributed by atoms with Crippen molar-refractivity contribution in [2.45, 2.75) is 12.7 Å². The molecule has 0 aliphatic carbocycles. The number of rotatable bonds is 7. The van der Waals surface area contributed by atoms with Crippen molar-refractivity contribution >= 4 is 6.03 Å². The molecule has 2 aromatic rings. The minimum atomic E-state index is -0.395. The summed E-state index contributed by atoms with van der Waals surface area (Å²) in [7, 11) is 1.61. The van der Waals surface area contributed by atoms with E-state index in [0.717, 1.165) is 11.1 Å². The maximum Gasteiger partial charge on any atom is 0.338 e. The minimum Gasteiger partial charge on any atom is -0.375 e. The van der Waals surface area contributed by atoms with Crippen LogP contribution in [-0.4, -0.2) is 19.7 Å². The van der Waals surface area contributed by atoms with Crippen molar-refractivity contribution in [3.8, 4) is 0 Å². The molecule has 0 saturated carbocycles. The van der Waals surface area contributed by atoms with Gasteiger partial charge in [-0.2, -0.15) is 0 Å². The van der Waals surface area contributed by atoms with E-state index in [-0.39, 0.29) is 6.10 Å². The average Bonchev–Trinajstić information content (AvgIpc) is 2.57. The largest absolute Gasteiger partial charge is 0.375 e. The lowest BCUT2D eigenvalue weighted by Gasteiger charge is -2.16. The van der Waals surface area contributed by atoms with Gasteiger partial charge in [0.1, 0.15) is 0 Å². The molecule has 2 N–H and O–H groups in total. The number of nitrogens with one attached hydrogen (secondary N) is 2. The first-order valence-corrected chi connectivity index (χ1v) is 7.07. The predicted octanol–water partition coefficient (Wildman–Crippen LogP) is 2.81. The van der Waals surface area contributed by atoms with Gasteiger partial charge in [-0.15, -0.1) is 0 Å². The first kappa shape index (κ1) is 16.0. The zero-order valence-corrected chi connectivity index (χ0v) is 12.5. The SMILES string of the molecule is COC(CNC(=O)NOCc1ccccc1)c1ccccc1. The number of carbonyl (C=O) groups excluding carboxylic acids is 1. The van der Waals surface area contributed by atoms with Crippen molar-refractivity contribution in [2.75, 3.05) is 13.7 Å². The monoisotopic (exact) mass is 300 g/mol. The number of hydrogen-bond acceptors (Lipinski definition) is 3. The van der Waals surface area contributed by atoms with Crippen molar-refractivity contribution in [1.82, 2.24) is 10.8 Å². The Morgan fingerprint density at radius 3 is 2.32 bits per heavy atom. The van der Waals surface area contributed by atoms with Crippen molar-refractivity contribution < 1.29 is 14.4 Å².